The summed E-state index contributed by atoms with van der Waals surface area (Å²) in [5.41, 5.74) is 1.05. The first-order chi connectivity index (χ1) is 13.0. The van der Waals surface area contributed by atoms with Crippen LogP contribution < -0.4 is 0 Å². The minimum atomic E-state index is -4.49. The Morgan fingerprint density at radius 3 is 1.14 bits per heavy atom. The molecule has 0 aliphatic carbocycles. The van der Waals surface area contributed by atoms with Crippen LogP contribution in [0.3, 0.4) is 0 Å². The van der Waals surface area contributed by atoms with E-state index in [0.717, 1.165) is 0 Å². The van der Waals surface area contributed by atoms with Crippen LogP contribution >= 0.6 is 15.2 Å². The van der Waals surface area contributed by atoms with E-state index in [2.05, 4.69) is 0 Å². The maximum absolute atomic E-state index is 12.5. The van der Waals surface area contributed by atoms with Crippen LogP contribution in [0.1, 0.15) is 64.5 Å². The topological polar surface area (TPSA) is 115 Å². The Morgan fingerprint density at radius 2 is 0.929 bits per heavy atom. The fourth-order valence-corrected chi connectivity index (χ4v) is 7.19. The zero-order chi connectivity index (χ0) is 21.4. The number of hydrogen-bond donors (Lipinski definition) is 4. The monoisotopic (exact) mass is 428 g/mol. The van der Waals surface area contributed by atoms with Gasteiger partial charge in [-0.3, -0.25) is 9.13 Å². The van der Waals surface area contributed by atoms with Gasteiger partial charge in [-0.1, -0.05) is 64.1 Å². The largest absolute Gasteiger partial charge is 0.335 e. The van der Waals surface area contributed by atoms with Gasteiger partial charge in [0.1, 0.15) is 0 Å². The minimum absolute atomic E-state index is 0.252. The van der Waals surface area contributed by atoms with E-state index in [1.165, 1.54) is 0 Å². The van der Waals surface area contributed by atoms with Crippen molar-refractivity contribution in [2.45, 2.75) is 63.7 Å². The first-order valence-electron chi connectivity index (χ1n) is 9.59. The van der Waals surface area contributed by atoms with Crippen molar-refractivity contribution in [1.82, 2.24) is 0 Å². The smallest absolute Gasteiger partial charge is 0.324 e. The Bertz CT molecular complexity index is 858. The van der Waals surface area contributed by atoms with Gasteiger partial charge >= 0.3 is 15.2 Å². The molecule has 0 spiro atoms. The molecular formula is C20H30O6P2. The molecule has 2 aromatic carbocycles. The molecule has 0 saturated heterocycles. The lowest BCUT2D eigenvalue weighted by Crippen LogP contribution is -2.26. The third-order valence-corrected chi connectivity index (χ3v) is 10.4. The van der Waals surface area contributed by atoms with Crippen LogP contribution in [0.2, 0.25) is 0 Å². The van der Waals surface area contributed by atoms with Crippen LogP contribution in [-0.2, 0) is 19.4 Å². The molecule has 0 aliphatic rings. The normalized spacial score (nSPS) is 13.9. The zero-order valence-corrected chi connectivity index (χ0v) is 18.6. The summed E-state index contributed by atoms with van der Waals surface area (Å²) < 4.78 is 25.0. The molecule has 0 radical (unpaired) electrons. The Labute approximate surface area is 166 Å². The minimum Gasteiger partial charge on any atom is -0.324 e. The van der Waals surface area contributed by atoms with Gasteiger partial charge in [0.2, 0.25) is 0 Å². The van der Waals surface area contributed by atoms with Crippen LogP contribution in [0.15, 0.2) is 36.4 Å². The highest BCUT2D eigenvalue weighted by Gasteiger charge is 2.48. The molecule has 2 aromatic rings. The van der Waals surface area contributed by atoms with Gasteiger partial charge in [-0.05, 0) is 47.6 Å². The summed E-state index contributed by atoms with van der Waals surface area (Å²) in [5, 5.41) is -1.42. The molecule has 0 bridgehead atoms. The molecule has 0 atom stereocenters. The fourth-order valence-electron chi connectivity index (χ4n) is 4.52. The molecule has 0 aliphatic heterocycles. The molecule has 0 amide bonds. The molecule has 2 rings (SSSR count). The molecule has 156 valence electrons. The highest BCUT2D eigenvalue weighted by molar-refractivity contribution is 7.53. The third kappa shape index (κ3) is 3.41. The summed E-state index contributed by atoms with van der Waals surface area (Å²) in [6, 6.07) is 10.4. The zero-order valence-electron chi connectivity index (χ0n) is 16.8. The summed E-state index contributed by atoms with van der Waals surface area (Å²) >= 11 is 0. The van der Waals surface area contributed by atoms with Crippen LogP contribution in [0.25, 0.3) is 10.8 Å². The van der Waals surface area contributed by atoms with Gasteiger partial charge in [0, 0.05) is 0 Å². The van der Waals surface area contributed by atoms with Crippen LogP contribution in [0, 0.1) is 0 Å². The molecular weight excluding hydrogens is 398 g/mol. The van der Waals surface area contributed by atoms with E-state index >= 15 is 0 Å². The van der Waals surface area contributed by atoms with Crippen molar-refractivity contribution in [1.29, 1.82) is 0 Å². The molecule has 6 nitrogen and oxygen atoms in total. The van der Waals surface area contributed by atoms with Crippen molar-refractivity contribution in [2.75, 3.05) is 0 Å². The van der Waals surface area contributed by atoms with Gasteiger partial charge < -0.3 is 19.6 Å². The number of benzene rings is 2. The van der Waals surface area contributed by atoms with Gasteiger partial charge in [-0.15, -0.1) is 0 Å². The predicted molar refractivity (Wildman–Crippen MR) is 113 cm³/mol. The lowest BCUT2D eigenvalue weighted by atomic mass is 9.84. The van der Waals surface area contributed by atoms with Crippen molar-refractivity contribution in [3.8, 4) is 0 Å². The lowest BCUT2D eigenvalue weighted by molar-refractivity contribution is 0.314. The number of fused-ring (bicyclic) bond motifs is 1. The van der Waals surface area contributed by atoms with Crippen LogP contribution in [-0.4, -0.2) is 19.6 Å². The maximum Gasteiger partial charge on any atom is 0.335 e. The highest BCUT2D eigenvalue weighted by atomic mass is 31.2. The predicted octanol–water partition coefficient (Wildman–Crippen LogP) is 5.23. The van der Waals surface area contributed by atoms with E-state index in [0.29, 0.717) is 21.9 Å². The second kappa shape index (κ2) is 8.02. The molecule has 28 heavy (non-hydrogen) atoms. The van der Waals surface area contributed by atoms with Gasteiger partial charge in [-0.2, -0.15) is 0 Å². The average Bonchev–Trinajstić information content (AvgIpc) is 2.62. The Hall–Kier alpha value is -1.00. The maximum atomic E-state index is 12.5. The molecule has 0 aromatic heterocycles. The molecule has 0 saturated carbocycles. The molecule has 8 heteroatoms. The molecule has 0 heterocycles. The Kier molecular flexibility index (Phi) is 6.67. The number of hydrogen-bond acceptors (Lipinski definition) is 2. The standard InChI is InChI=1S/C20H30O6P2/c1-5-19(6-2,27(21,22)23)17-13-9-12-16-15(17)11-10-14-18(16)20(7-3,8-4)28(24,25)26/h9-14H,5-8H2,1-4H3,(H2,21,22,23)(H2,24,25,26). The van der Waals surface area contributed by atoms with Crippen molar-refractivity contribution >= 4 is 26.0 Å². The van der Waals surface area contributed by atoms with E-state index in [1.807, 2.05) is 0 Å². The SMILES string of the molecule is CCC(CC)(c1cccc2c(C(CC)(CC)P(=O)(O)O)cccc12)P(=O)(O)O. The quantitative estimate of drug-likeness (QED) is 0.428. The Balaban J connectivity index is 2.98. The van der Waals surface area contributed by atoms with E-state index < -0.39 is 25.5 Å². The average molecular weight is 428 g/mol. The van der Waals surface area contributed by atoms with Gasteiger partial charge in [0.25, 0.3) is 0 Å². The van der Waals surface area contributed by atoms with E-state index in [4.69, 9.17) is 0 Å². The summed E-state index contributed by atoms with van der Waals surface area (Å²) in [6.07, 6.45) is 1.01. The summed E-state index contributed by atoms with van der Waals surface area (Å²) in [4.78, 5) is 40.7. The van der Waals surface area contributed by atoms with Crippen molar-refractivity contribution in [3.63, 3.8) is 0 Å². The fraction of sp³-hybridized carbons (Fsp3) is 0.500. The number of rotatable bonds is 8. The van der Waals surface area contributed by atoms with Crippen LogP contribution in [0.5, 0.6) is 0 Å². The van der Waals surface area contributed by atoms with Crippen molar-refractivity contribution in [3.05, 3.63) is 47.5 Å². The van der Waals surface area contributed by atoms with Crippen molar-refractivity contribution < 1.29 is 28.7 Å². The van der Waals surface area contributed by atoms with Crippen molar-refractivity contribution in [2.24, 2.45) is 0 Å². The van der Waals surface area contributed by atoms with E-state index in [-0.39, 0.29) is 25.7 Å². The van der Waals surface area contributed by atoms with Gasteiger partial charge in [0.05, 0.1) is 10.3 Å². The van der Waals surface area contributed by atoms with E-state index in [1.54, 1.807) is 64.1 Å². The summed E-state index contributed by atoms with van der Waals surface area (Å²) in [7, 11) is -8.98. The Morgan fingerprint density at radius 1 is 0.643 bits per heavy atom. The third-order valence-electron chi connectivity index (χ3n) is 6.38. The highest BCUT2D eigenvalue weighted by Crippen LogP contribution is 2.64. The lowest BCUT2D eigenvalue weighted by Gasteiger charge is -2.36. The second-order valence-electron chi connectivity index (χ2n) is 7.27. The molecule has 0 fully saturated rings. The van der Waals surface area contributed by atoms with Crippen LogP contribution in [0.4, 0.5) is 0 Å². The summed E-state index contributed by atoms with van der Waals surface area (Å²) in [6.45, 7) is 7.01. The second-order valence-corrected chi connectivity index (χ2v) is 11.2. The first kappa shape index (κ1) is 23.3. The van der Waals surface area contributed by atoms with E-state index in [9.17, 15) is 28.7 Å². The molecule has 4 N–H and O–H groups in total. The molecule has 0 unspecified atom stereocenters. The summed E-state index contributed by atoms with van der Waals surface area (Å²) in [5.74, 6) is 0. The van der Waals surface area contributed by atoms with Gasteiger partial charge in [0.15, 0.2) is 0 Å². The van der Waals surface area contributed by atoms with Gasteiger partial charge in [-0.25, -0.2) is 0 Å². The first-order valence-corrected chi connectivity index (χ1v) is 12.8.